The number of hydrogen-bond donors (Lipinski definition) is 0. The molecule has 0 amide bonds. The zero-order chi connectivity index (χ0) is 14.8. The molecule has 20 heavy (non-hydrogen) atoms. The van der Waals surface area contributed by atoms with E-state index in [0.29, 0.717) is 6.29 Å². The molecule has 1 aromatic carbocycles. The normalized spacial score (nSPS) is 11.4. The summed E-state index contributed by atoms with van der Waals surface area (Å²) in [6.45, 7) is 2.53. The molecule has 6 nitrogen and oxygen atoms in total. The molecule has 112 valence electrons. The fraction of sp³-hybridized carbons (Fsp3) is 0.462. The second-order valence-electron chi connectivity index (χ2n) is 3.94. The van der Waals surface area contributed by atoms with Crippen LogP contribution >= 0.6 is 0 Å². The highest BCUT2D eigenvalue weighted by atomic mass is 32.2. The zero-order valence-corrected chi connectivity index (χ0v) is 12.1. The van der Waals surface area contributed by atoms with Crippen molar-refractivity contribution < 1.29 is 26.9 Å². The monoisotopic (exact) mass is 302 g/mol. The smallest absolute Gasteiger partial charge is 0.297 e. The van der Waals surface area contributed by atoms with Crippen LogP contribution in [0.4, 0.5) is 0 Å². The van der Waals surface area contributed by atoms with Crippen molar-refractivity contribution in [1.82, 2.24) is 0 Å². The summed E-state index contributed by atoms with van der Waals surface area (Å²) in [4.78, 5) is 10.1. The lowest BCUT2D eigenvalue weighted by molar-refractivity contribution is -0.112. The summed E-state index contributed by atoms with van der Waals surface area (Å²) in [6.07, 6.45) is 0.650. The van der Waals surface area contributed by atoms with Crippen molar-refractivity contribution in [3.63, 3.8) is 0 Å². The maximum Gasteiger partial charge on any atom is 0.297 e. The molecule has 0 spiro atoms. The van der Waals surface area contributed by atoms with Gasteiger partial charge in [0, 0.05) is 0 Å². The summed E-state index contributed by atoms with van der Waals surface area (Å²) in [5.74, 6) is 0. The van der Waals surface area contributed by atoms with Crippen molar-refractivity contribution in [1.29, 1.82) is 0 Å². The Hall–Kier alpha value is -1.28. The molecular weight excluding hydrogens is 284 g/mol. The van der Waals surface area contributed by atoms with E-state index in [1.54, 1.807) is 12.1 Å². The highest BCUT2D eigenvalue weighted by Gasteiger charge is 2.14. The Balaban J connectivity index is 2.23. The lowest BCUT2D eigenvalue weighted by Crippen LogP contribution is -2.13. The lowest BCUT2D eigenvalue weighted by Gasteiger charge is -2.07. The zero-order valence-electron chi connectivity index (χ0n) is 11.3. The van der Waals surface area contributed by atoms with Gasteiger partial charge in [-0.15, -0.1) is 0 Å². The van der Waals surface area contributed by atoms with Crippen molar-refractivity contribution in [2.45, 2.75) is 11.8 Å². The second kappa shape index (κ2) is 8.80. The Morgan fingerprint density at radius 3 is 2.25 bits per heavy atom. The van der Waals surface area contributed by atoms with E-state index in [0.717, 1.165) is 5.56 Å². The van der Waals surface area contributed by atoms with Gasteiger partial charge in [-0.3, -0.25) is 4.18 Å². The van der Waals surface area contributed by atoms with Gasteiger partial charge in [-0.1, -0.05) is 17.7 Å². The molecule has 0 aliphatic rings. The van der Waals surface area contributed by atoms with Crippen molar-refractivity contribution in [3.8, 4) is 0 Å². The quantitative estimate of drug-likeness (QED) is 0.363. The Labute approximate surface area is 118 Å². The fourth-order valence-electron chi connectivity index (χ4n) is 1.33. The van der Waals surface area contributed by atoms with Crippen LogP contribution in [0.15, 0.2) is 29.2 Å². The first kappa shape index (κ1) is 16.8. The Morgan fingerprint density at radius 2 is 1.60 bits per heavy atom. The third-order valence-electron chi connectivity index (χ3n) is 2.33. The van der Waals surface area contributed by atoms with Crippen LogP contribution in [0.3, 0.4) is 0 Å². The van der Waals surface area contributed by atoms with Gasteiger partial charge >= 0.3 is 0 Å². The summed E-state index contributed by atoms with van der Waals surface area (Å²) < 4.78 is 38.3. The molecular formula is C13H18O6S. The first-order chi connectivity index (χ1) is 9.56. The average Bonchev–Trinajstić information content (AvgIpc) is 2.42. The number of carbonyl (C=O) groups is 1. The first-order valence-corrected chi connectivity index (χ1v) is 7.52. The van der Waals surface area contributed by atoms with Crippen LogP contribution in [0.25, 0.3) is 0 Å². The van der Waals surface area contributed by atoms with Crippen LogP contribution in [0.1, 0.15) is 5.56 Å². The van der Waals surface area contributed by atoms with Gasteiger partial charge in [0.15, 0.2) is 0 Å². The third kappa shape index (κ3) is 6.25. The van der Waals surface area contributed by atoms with Gasteiger partial charge in [0.2, 0.25) is 0 Å². The van der Waals surface area contributed by atoms with Gasteiger partial charge in [-0.05, 0) is 19.1 Å². The molecule has 0 unspecified atom stereocenters. The summed E-state index contributed by atoms with van der Waals surface area (Å²) in [7, 11) is -3.74. The molecule has 0 bridgehead atoms. The van der Waals surface area contributed by atoms with Gasteiger partial charge in [0.1, 0.15) is 12.9 Å². The number of aldehydes is 1. The molecule has 0 saturated carbocycles. The van der Waals surface area contributed by atoms with Crippen molar-refractivity contribution in [2.75, 3.05) is 33.0 Å². The van der Waals surface area contributed by atoms with Crippen LogP contribution in [-0.2, 0) is 28.6 Å². The largest absolute Gasteiger partial charge is 0.377 e. The first-order valence-electron chi connectivity index (χ1n) is 6.11. The van der Waals surface area contributed by atoms with Gasteiger partial charge < -0.3 is 14.3 Å². The maximum absolute atomic E-state index is 11.8. The van der Waals surface area contributed by atoms with Gasteiger partial charge in [-0.2, -0.15) is 8.42 Å². The van der Waals surface area contributed by atoms with Crippen LogP contribution in [0.5, 0.6) is 0 Å². The minimum atomic E-state index is -3.74. The number of hydrogen-bond acceptors (Lipinski definition) is 6. The van der Waals surface area contributed by atoms with Crippen molar-refractivity contribution >= 4 is 16.4 Å². The molecule has 1 rings (SSSR count). The van der Waals surface area contributed by atoms with E-state index in [2.05, 4.69) is 0 Å². The molecule has 7 heteroatoms. The molecule has 0 aliphatic carbocycles. The minimum absolute atomic E-state index is 0.0294. The predicted molar refractivity (Wildman–Crippen MR) is 72.0 cm³/mol. The summed E-state index contributed by atoms with van der Waals surface area (Å²) in [6, 6.07) is 6.41. The predicted octanol–water partition coefficient (Wildman–Crippen LogP) is 0.932. The minimum Gasteiger partial charge on any atom is -0.377 e. The van der Waals surface area contributed by atoms with E-state index < -0.39 is 10.1 Å². The number of aryl methyl sites for hydroxylation is 1. The van der Waals surface area contributed by atoms with Gasteiger partial charge in [0.05, 0.1) is 31.3 Å². The molecule has 0 atom stereocenters. The molecule has 0 fully saturated rings. The van der Waals surface area contributed by atoms with Gasteiger partial charge in [0.25, 0.3) is 10.1 Å². The van der Waals surface area contributed by atoms with E-state index in [1.165, 1.54) is 12.1 Å². The van der Waals surface area contributed by atoms with Crippen LogP contribution in [0.2, 0.25) is 0 Å². The standard InChI is InChI=1S/C13H18O6S/c1-12-2-4-13(5-3-12)20(15,16)19-11-10-18-9-8-17-7-6-14/h2-6H,7-11H2,1H3. The summed E-state index contributed by atoms with van der Waals surface area (Å²) in [5, 5.41) is 0. The third-order valence-corrected chi connectivity index (χ3v) is 3.66. The van der Waals surface area contributed by atoms with E-state index >= 15 is 0 Å². The van der Waals surface area contributed by atoms with Crippen LogP contribution in [0, 0.1) is 6.92 Å². The van der Waals surface area contributed by atoms with E-state index in [1.807, 2.05) is 6.92 Å². The molecule has 0 N–H and O–H groups in total. The van der Waals surface area contributed by atoms with Gasteiger partial charge in [-0.25, -0.2) is 0 Å². The fourth-order valence-corrected chi connectivity index (χ4v) is 2.22. The SMILES string of the molecule is Cc1ccc(S(=O)(=O)OCCOCCOCC=O)cc1. The summed E-state index contributed by atoms with van der Waals surface area (Å²) in [5.41, 5.74) is 0.975. The van der Waals surface area contributed by atoms with Crippen LogP contribution in [-0.4, -0.2) is 47.7 Å². The molecule has 0 heterocycles. The van der Waals surface area contributed by atoms with Crippen LogP contribution < -0.4 is 0 Å². The Morgan fingerprint density at radius 1 is 1.00 bits per heavy atom. The molecule has 0 radical (unpaired) electrons. The number of carbonyl (C=O) groups excluding carboxylic acids is 1. The Bertz CT molecular complexity index is 494. The van der Waals surface area contributed by atoms with E-state index in [4.69, 9.17) is 13.7 Å². The summed E-state index contributed by atoms with van der Waals surface area (Å²) >= 11 is 0. The molecule has 1 aromatic rings. The maximum atomic E-state index is 11.8. The second-order valence-corrected chi connectivity index (χ2v) is 5.56. The van der Waals surface area contributed by atoms with E-state index in [-0.39, 0.29) is 37.9 Å². The lowest BCUT2D eigenvalue weighted by atomic mass is 10.2. The number of ether oxygens (including phenoxy) is 2. The van der Waals surface area contributed by atoms with Crippen molar-refractivity contribution in [2.24, 2.45) is 0 Å². The molecule has 0 aliphatic heterocycles. The van der Waals surface area contributed by atoms with Crippen molar-refractivity contribution in [3.05, 3.63) is 29.8 Å². The Kier molecular flexibility index (Phi) is 7.38. The highest BCUT2D eigenvalue weighted by molar-refractivity contribution is 7.86. The topological polar surface area (TPSA) is 78.9 Å². The number of benzene rings is 1. The molecule has 0 aromatic heterocycles. The highest BCUT2D eigenvalue weighted by Crippen LogP contribution is 2.12. The molecule has 0 saturated heterocycles. The average molecular weight is 302 g/mol. The van der Waals surface area contributed by atoms with E-state index in [9.17, 15) is 13.2 Å². The number of rotatable bonds is 10.